The van der Waals surface area contributed by atoms with Crippen molar-refractivity contribution in [1.29, 1.82) is 0 Å². The summed E-state index contributed by atoms with van der Waals surface area (Å²) in [6.45, 7) is 4.58. The minimum Gasteiger partial charge on any atom is -0.507 e. The smallest absolute Gasteiger partial charge is 0.339 e. The maximum Gasteiger partial charge on any atom is 0.339 e. The van der Waals surface area contributed by atoms with E-state index in [4.69, 9.17) is 4.74 Å². The van der Waals surface area contributed by atoms with Gasteiger partial charge in [0.1, 0.15) is 23.9 Å². The van der Waals surface area contributed by atoms with E-state index in [0.29, 0.717) is 76.1 Å². The number of esters is 1. The highest BCUT2D eigenvalue weighted by Crippen LogP contribution is 2.33. The van der Waals surface area contributed by atoms with Gasteiger partial charge in [-0.3, -0.25) is 33.6 Å². The Morgan fingerprint density at radius 2 is 1.50 bits per heavy atom. The van der Waals surface area contributed by atoms with Gasteiger partial charge in [-0.25, -0.2) is 9.59 Å². The van der Waals surface area contributed by atoms with Crippen molar-refractivity contribution < 1.29 is 58.1 Å². The molecule has 2 aromatic carbocycles. The van der Waals surface area contributed by atoms with Crippen LogP contribution in [0.3, 0.4) is 0 Å². The molecule has 0 aromatic heterocycles. The number of thioether (sulfide) groups is 1. The van der Waals surface area contributed by atoms with E-state index >= 15 is 0 Å². The molecule has 6 atom stereocenters. The summed E-state index contributed by atoms with van der Waals surface area (Å²) in [5.74, 6) is -4.02. The first kappa shape index (κ1) is 55.1. The number of halogens is 1. The molecule has 2 fully saturated rings. The molecule has 2 heterocycles. The van der Waals surface area contributed by atoms with Gasteiger partial charge in [-0.15, -0.1) is 0 Å². The van der Waals surface area contributed by atoms with Crippen LogP contribution in [-0.4, -0.2) is 124 Å². The third-order valence-electron chi connectivity index (χ3n) is 11.6. The van der Waals surface area contributed by atoms with Gasteiger partial charge in [0.05, 0.1) is 27.6 Å². The molecule has 2 aliphatic rings. The fourth-order valence-corrected chi connectivity index (χ4v) is 10.2. The lowest BCUT2D eigenvalue weighted by molar-refractivity contribution is -0.140. The molecule has 21 heteroatoms. The minimum absolute atomic E-state index is 0.0445. The zero-order chi connectivity index (χ0) is 49.8. The van der Waals surface area contributed by atoms with Gasteiger partial charge in [0.25, 0.3) is 0 Å². The molecule has 1 unspecified atom stereocenters. The molecule has 0 aliphatic carbocycles. The van der Waals surface area contributed by atoms with Crippen LogP contribution in [0.25, 0.3) is 0 Å². The molecule has 0 saturated carbocycles. The number of ketones is 1. The molecular formula is C47H64IN7O12S. The number of carbonyl (C=O) groups is 9. The summed E-state index contributed by atoms with van der Waals surface area (Å²) in [5, 5.41) is 39.3. The molecule has 2 saturated heterocycles. The van der Waals surface area contributed by atoms with Crippen LogP contribution in [0.1, 0.15) is 111 Å². The van der Waals surface area contributed by atoms with E-state index in [9.17, 15) is 53.4 Å². The number of fused-ring (bicyclic) bond motifs is 1. The Hall–Kier alpha value is -5.45. The maximum absolute atomic E-state index is 13.6. The van der Waals surface area contributed by atoms with Crippen LogP contribution in [0.2, 0.25) is 0 Å². The summed E-state index contributed by atoms with van der Waals surface area (Å²) < 4.78 is 5.72. The maximum atomic E-state index is 13.6. The lowest BCUT2D eigenvalue weighted by Gasteiger charge is -2.23. The SMILES string of the molecule is CC(=O)N[C@@H](CCCCNC(=O)CCCCC1SC[C@@H]2NC(=O)N[C@H]12)C(=O)N[C@@H](Cc1ccc(O)c([125I])c1)C(=O)NCCCCCC(=O)N[C@@H](CC(=O)O)C(=O)COC(=O)c1c(C)cccc1C. The van der Waals surface area contributed by atoms with E-state index in [1.54, 1.807) is 44.2 Å². The lowest BCUT2D eigenvalue weighted by atomic mass is 10.0. The predicted octanol–water partition coefficient (Wildman–Crippen LogP) is 3.22. The van der Waals surface area contributed by atoms with Crippen LogP contribution >= 0.6 is 34.4 Å². The number of benzene rings is 2. The second-order valence-corrected chi connectivity index (χ2v) is 19.6. The molecule has 2 aliphatic heterocycles. The number of unbranched alkanes of at least 4 members (excludes halogenated alkanes) is 4. The third kappa shape index (κ3) is 18.6. The average molecular weight is 1080 g/mol. The van der Waals surface area contributed by atoms with Gasteiger partial charge < -0.3 is 52.2 Å². The van der Waals surface area contributed by atoms with Crippen molar-refractivity contribution in [3.8, 4) is 5.75 Å². The van der Waals surface area contributed by atoms with Crippen LogP contribution < -0.4 is 37.2 Å². The molecule has 19 nitrogen and oxygen atoms in total. The van der Waals surface area contributed by atoms with Crippen molar-refractivity contribution in [3.05, 3.63) is 62.2 Å². The average Bonchev–Trinajstić information content (AvgIpc) is 3.84. The number of aryl methyl sites for hydroxylation is 2. The number of hydrogen-bond donors (Lipinski definition) is 9. The van der Waals surface area contributed by atoms with E-state index < -0.39 is 72.5 Å². The van der Waals surface area contributed by atoms with Crippen molar-refractivity contribution in [3.63, 3.8) is 0 Å². The quantitative estimate of drug-likeness (QED) is 0.0245. The molecule has 0 spiro atoms. The zero-order valence-electron chi connectivity index (χ0n) is 38.7. The number of carbonyl (C=O) groups excluding carboxylic acids is 8. The Morgan fingerprint density at radius 3 is 2.21 bits per heavy atom. The van der Waals surface area contributed by atoms with Crippen LogP contribution in [0.5, 0.6) is 5.75 Å². The van der Waals surface area contributed by atoms with E-state index in [0.717, 1.165) is 25.0 Å². The normalized spacial score (nSPS) is 17.3. The molecule has 7 amide bonds. The molecule has 0 radical (unpaired) electrons. The highest BCUT2D eigenvalue weighted by atomic mass is 125. The molecule has 9 N–H and O–H groups in total. The number of aliphatic carboxylic acids is 1. The Morgan fingerprint density at radius 1 is 0.809 bits per heavy atom. The van der Waals surface area contributed by atoms with E-state index in [1.807, 2.05) is 34.4 Å². The predicted molar refractivity (Wildman–Crippen MR) is 262 cm³/mol. The molecule has 68 heavy (non-hydrogen) atoms. The summed E-state index contributed by atoms with van der Waals surface area (Å²) in [6.07, 6.45) is 4.76. The first-order chi connectivity index (χ1) is 32.4. The van der Waals surface area contributed by atoms with Crippen molar-refractivity contribution in [2.24, 2.45) is 0 Å². The molecule has 372 valence electrons. The summed E-state index contributed by atoms with van der Waals surface area (Å²) in [5.41, 5.74) is 2.27. The monoisotopic (exact) mass is 1080 g/mol. The molecule has 4 rings (SSSR count). The van der Waals surface area contributed by atoms with Gasteiger partial charge >= 0.3 is 18.0 Å². The van der Waals surface area contributed by atoms with Gasteiger partial charge in [-0.05, 0) is 110 Å². The first-order valence-electron chi connectivity index (χ1n) is 23.0. The minimum atomic E-state index is -1.41. The van der Waals surface area contributed by atoms with Crippen molar-refractivity contribution in [2.75, 3.05) is 25.4 Å². The van der Waals surface area contributed by atoms with Crippen molar-refractivity contribution >= 4 is 87.6 Å². The third-order valence-corrected chi connectivity index (χ3v) is 14.0. The number of carboxylic acid groups (broad SMARTS) is 1. The van der Waals surface area contributed by atoms with Crippen molar-refractivity contribution in [1.82, 2.24) is 37.2 Å². The number of phenols is 1. The standard InChI is InChI=1S/C47H64IN7O12S/c1-27-12-11-13-28(2)42(27)46(65)67-25-37(58)33(24-41(61)62)52-40(60)17-5-4-9-21-50-44(63)34(23-30-18-19-36(57)31(48)22-30)53-45(64)32(51-29(3)56)14-8-10-20-49-39(59)16-7-6-15-38-43-35(26-68-38)54-47(66)55-43/h11-13,18-19,22,32-35,38,43,57H,4-10,14-17,20-21,23-26H2,1-3H3,(H,49,59)(H,50,63)(H,51,56)(H,52,60)(H,53,64)(H,61,62)(H2,54,55,66)/t32-,33-,34-,35-,38?,43-/m0/s1/i48-2. The van der Waals surface area contributed by atoms with Crippen LogP contribution in [0, 0.1) is 17.4 Å². The van der Waals surface area contributed by atoms with Gasteiger partial charge in [0, 0.05) is 50.3 Å². The Labute approximate surface area is 414 Å². The molecule has 0 bridgehead atoms. The summed E-state index contributed by atoms with van der Waals surface area (Å²) >= 11 is 3.80. The number of hydrogen-bond acceptors (Lipinski definition) is 12. The highest BCUT2D eigenvalue weighted by Gasteiger charge is 2.42. The number of phenolic OH excluding ortho intramolecular Hbond substituents is 1. The number of urea groups is 1. The Kier molecular flexibility index (Phi) is 22.8. The van der Waals surface area contributed by atoms with E-state index in [2.05, 4.69) is 37.2 Å². The van der Waals surface area contributed by atoms with Crippen LogP contribution in [-0.2, 0) is 44.7 Å². The van der Waals surface area contributed by atoms with E-state index in [1.165, 1.54) is 13.0 Å². The number of rotatable bonds is 29. The number of nitrogens with one attached hydrogen (secondary N) is 7. The molecule has 2 aromatic rings. The van der Waals surface area contributed by atoms with Crippen LogP contribution in [0.4, 0.5) is 4.79 Å². The second kappa shape index (κ2) is 28.1. The van der Waals surface area contributed by atoms with Gasteiger partial charge in [0.2, 0.25) is 29.5 Å². The summed E-state index contributed by atoms with van der Waals surface area (Å²) in [6, 6.07) is 6.79. The van der Waals surface area contributed by atoms with Gasteiger partial charge in [-0.2, -0.15) is 11.8 Å². The van der Waals surface area contributed by atoms with Gasteiger partial charge in [-0.1, -0.05) is 37.1 Å². The number of aromatic hydroxyl groups is 1. The molecular weight excluding hydrogens is 1010 g/mol. The fourth-order valence-electron chi connectivity index (χ4n) is 8.03. The lowest BCUT2D eigenvalue weighted by Crippen LogP contribution is -2.54. The largest absolute Gasteiger partial charge is 0.507 e. The van der Waals surface area contributed by atoms with E-state index in [-0.39, 0.29) is 55.6 Å². The van der Waals surface area contributed by atoms with Gasteiger partial charge in [0.15, 0.2) is 12.4 Å². The number of carboxylic acids is 1. The van der Waals surface area contributed by atoms with Crippen LogP contribution in [0.15, 0.2) is 36.4 Å². The summed E-state index contributed by atoms with van der Waals surface area (Å²) in [7, 11) is 0. The topological polar surface area (TPSA) is 288 Å². The number of ether oxygens (including phenoxy) is 1. The summed E-state index contributed by atoms with van der Waals surface area (Å²) in [4.78, 5) is 113. The fraction of sp³-hybridized carbons (Fsp3) is 0.553. The van der Waals surface area contributed by atoms with Crippen molar-refractivity contribution in [2.45, 2.75) is 140 Å². The number of Topliss-reactive ketones (excluding diaryl/α,β-unsaturated/α-hetero) is 1. The Bertz CT molecular complexity index is 2120. The highest BCUT2D eigenvalue weighted by molar-refractivity contribution is 14.1. The zero-order valence-corrected chi connectivity index (χ0v) is 41.7. The second-order valence-electron chi connectivity index (χ2n) is 17.1. The first-order valence-corrected chi connectivity index (χ1v) is 25.1. The number of amides is 7. The Balaban J connectivity index is 1.20.